The number of carbonyl (C=O) groups excluding carboxylic acids is 1. The highest BCUT2D eigenvalue weighted by molar-refractivity contribution is 5.46. The molecular formula is C10H18N2O. The summed E-state index contributed by atoms with van der Waals surface area (Å²) in [5.74, 6) is 1.73. The first kappa shape index (κ1) is 9.00. The number of amides is 1. The van der Waals surface area contributed by atoms with Crippen molar-refractivity contribution in [3.05, 3.63) is 0 Å². The average molecular weight is 182 g/mol. The second-order valence-electron chi connectivity index (χ2n) is 4.29. The Hall–Kier alpha value is -0.570. The molecule has 3 atom stereocenters. The molecule has 2 aliphatic rings. The van der Waals surface area contributed by atoms with Crippen LogP contribution in [0.3, 0.4) is 0 Å². The number of piperidine rings is 1. The normalized spacial score (nSPS) is 39.2. The van der Waals surface area contributed by atoms with Gasteiger partial charge in [0.15, 0.2) is 0 Å². The average Bonchev–Trinajstić information content (AvgIpc) is 2.18. The summed E-state index contributed by atoms with van der Waals surface area (Å²) in [5.41, 5.74) is 0. The molecule has 2 N–H and O–H groups in total. The summed E-state index contributed by atoms with van der Waals surface area (Å²) in [5, 5.41) is 6.20. The summed E-state index contributed by atoms with van der Waals surface area (Å²) in [4.78, 5) is 10.3. The number of hydrogen-bond donors (Lipinski definition) is 2. The Balaban J connectivity index is 1.87. The molecule has 1 saturated carbocycles. The molecule has 1 aliphatic heterocycles. The minimum absolute atomic E-state index is 0.233. The van der Waals surface area contributed by atoms with Gasteiger partial charge in [0.2, 0.25) is 6.41 Å². The summed E-state index contributed by atoms with van der Waals surface area (Å²) >= 11 is 0. The van der Waals surface area contributed by atoms with Crippen LogP contribution in [0.1, 0.15) is 32.1 Å². The molecule has 0 aromatic rings. The van der Waals surface area contributed by atoms with Gasteiger partial charge < -0.3 is 5.32 Å². The van der Waals surface area contributed by atoms with Crippen molar-refractivity contribution in [2.24, 2.45) is 11.8 Å². The van der Waals surface area contributed by atoms with Gasteiger partial charge in [-0.25, -0.2) is 0 Å². The van der Waals surface area contributed by atoms with Crippen LogP contribution in [0, 0.1) is 11.8 Å². The van der Waals surface area contributed by atoms with E-state index in [2.05, 4.69) is 10.6 Å². The zero-order valence-electron chi connectivity index (χ0n) is 7.96. The van der Waals surface area contributed by atoms with Gasteiger partial charge in [0.25, 0.3) is 0 Å². The molecule has 0 aromatic heterocycles. The van der Waals surface area contributed by atoms with Crippen molar-refractivity contribution < 1.29 is 4.79 Å². The number of carbonyl (C=O) groups is 1. The van der Waals surface area contributed by atoms with Gasteiger partial charge in [-0.05, 0) is 24.7 Å². The first-order chi connectivity index (χ1) is 6.40. The van der Waals surface area contributed by atoms with Crippen LogP contribution in [0.2, 0.25) is 0 Å². The second-order valence-corrected chi connectivity index (χ2v) is 4.29. The van der Waals surface area contributed by atoms with E-state index in [1.807, 2.05) is 0 Å². The number of hydrogen-bond acceptors (Lipinski definition) is 2. The fraction of sp³-hybridized carbons (Fsp3) is 0.900. The predicted molar refractivity (Wildman–Crippen MR) is 51.1 cm³/mol. The molecule has 2 fully saturated rings. The summed E-state index contributed by atoms with van der Waals surface area (Å²) in [7, 11) is 0. The SMILES string of the molecule is O=CNC1CC2CCCCC2CN1. The molecule has 13 heavy (non-hydrogen) atoms. The van der Waals surface area contributed by atoms with Gasteiger partial charge in [-0.15, -0.1) is 0 Å². The third-order valence-electron chi connectivity index (χ3n) is 3.50. The zero-order valence-corrected chi connectivity index (χ0v) is 7.96. The Bertz CT molecular complexity index is 184. The summed E-state index contributed by atoms with van der Waals surface area (Å²) < 4.78 is 0. The molecule has 0 spiro atoms. The van der Waals surface area contributed by atoms with Gasteiger partial charge >= 0.3 is 0 Å². The van der Waals surface area contributed by atoms with Crippen LogP contribution in [0.5, 0.6) is 0 Å². The molecular weight excluding hydrogens is 164 g/mol. The van der Waals surface area contributed by atoms with E-state index in [-0.39, 0.29) is 6.17 Å². The van der Waals surface area contributed by atoms with Crippen molar-refractivity contribution in [2.45, 2.75) is 38.3 Å². The van der Waals surface area contributed by atoms with Crippen molar-refractivity contribution in [1.29, 1.82) is 0 Å². The van der Waals surface area contributed by atoms with Gasteiger partial charge in [0.1, 0.15) is 0 Å². The molecule has 0 radical (unpaired) electrons. The Labute approximate surface area is 79.3 Å². The standard InChI is InChI=1S/C10H18N2O/c13-7-12-10-5-8-3-1-2-4-9(8)6-11-10/h7-11H,1-6H2,(H,12,13). The second kappa shape index (κ2) is 4.09. The first-order valence-electron chi connectivity index (χ1n) is 5.33. The third-order valence-corrected chi connectivity index (χ3v) is 3.50. The molecule has 0 aromatic carbocycles. The highest BCUT2D eigenvalue weighted by Crippen LogP contribution is 2.34. The number of nitrogens with one attached hydrogen (secondary N) is 2. The van der Waals surface area contributed by atoms with Crippen molar-refractivity contribution in [3.8, 4) is 0 Å². The van der Waals surface area contributed by atoms with Crippen LogP contribution in [-0.2, 0) is 4.79 Å². The van der Waals surface area contributed by atoms with Gasteiger partial charge in [-0.1, -0.05) is 19.3 Å². The summed E-state index contributed by atoms with van der Waals surface area (Å²) in [6, 6.07) is 0. The Morgan fingerprint density at radius 1 is 1.23 bits per heavy atom. The lowest BCUT2D eigenvalue weighted by atomic mass is 9.75. The minimum atomic E-state index is 0.233. The molecule has 3 nitrogen and oxygen atoms in total. The van der Waals surface area contributed by atoms with Crippen LogP contribution in [0.4, 0.5) is 0 Å². The van der Waals surface area contributed by atoms with Crippen LogP contribution in [-0.4, -0.2) is 19.1 Å². The fourth-order valence-electron chi connectivity index (χ4n) is 2.75. The van der Waals surface area contributed by atoms with E-state index in [0.29, 0.717) is 0 Å². The topological polar surface area (TPSA) is 41.1 Å². The quantitative estimate of drug-likeness (QED) is 0.622. The molecule has 3 heteroatoms. The summed E-state index contributed by atoms with van der Waals surface area (Å²) in [6.07, 6.45) is 7.69. The summed E-state index contributed by atoms with van der Waals surface area (Å²) in [6.45, 7) is 1.09. The third kappa shape index (κ3) is 2.02. The highest BCUT2D eigenvalue weighted by Gasteiger charge is 2.31. The van der Waals surface area contributed by atoms with E-state index in [9.17, 15) is 4.79 Å². The maximum atomic E-state index is 10.3. The predicted octanol–water partition coefficient (Wildman–Crippen LogP) is 0.858. The van der Waals surface area contributed by atoms with Gasteiger partial charge in [-0.3, -0.25) is 10.1 Å². The Kier molecular flexibility index (Phi) is 2.83. The number of fused-ring (bicyclic) bond motifs is 1. The lowest BCUT2D eigenvalue weighted by Gasteiger charge is -2.39. The molecule has 74 valence electrons. The smallest absolute Gasteiger partial charge is 0.208 e. The Morgan fingerprint density at radius 2 is 2.00 bits per heavy atom. The molecule has 0 bridgehead atoms. The molecule has 2 rings (SSSR count). The van der Waals surface area contributed by atoms with E-state index in [4.69, 9.17) is 0 Å². The van der Waals surface area contributed by atoms with E-state index in [1.54, 1.807) is 0 Å². The van der Waals surface area contributed by atoms with Crippen LogP contribution < -0.4 is 10.6 Å². The van der Waals surface area contributed by atoms with Gasteiger partial charge in [0.05, 0.1) is 6.17 Å². The van der Waals surface area contributed by atoms with E-state index in [1.165, 1.54) is 25.7 Å². The molecule has 1 aliphatic carbocycles. The van der Waals surface area contributed by atoms with Gasteiger partial charge in [0, 0.05) is 6.54 Å². The zero-order chi connectivity index (χ0) is 9.10. The fourth-order valence-corrected chi connectivity index (χ4v) is 2.75. The van der Waals surface area contributed by atoms with E-state index < -0.39 is 0 Å². The monoisotopic (exact) mass is 182 g/mol. The van der Waals surface area contributed by atoms with Crippen LogP contribution >= 0.6 is 0 Å². The van der Waals surface area contributed by atoms with Crippen LogP contribution in [0.15, 0.2) is 0 Å². The largest absolute Gasteiger partial charge is 0.343 e. The maximum absolute atomic E-state index is 10.3. The van der Waals surface area contributed by atoms with Crippen molar-refractivity contribution in [1.82, 2.24) is 10.6 Å². The van der Waals surface area contributed by atoms with E-state index >= 15 is 0 Å². The minimum Gasteiger partial charge on any atom is -0.343 e. The van der Waals surface area contributed by atoms with Crippen molar-refractivity contribution >= 4 is 6.41 Å². The van der Waals surface area contributed by atoms with Crippen LogP contribution in [0.25, 0.3) is 0 Å². The Morgan fingerprint density at radius 3 is 2.77 bits per heavy atom. The van der Waals surface area contributed by atoms with E-state index in [0.717, 1.165) is 31.2 Å². The molecule has 1 heterocycles. The highest BCUT2D eigenvalue weighted by atomic mass is 16.1. The first-order valence-corrected chi connectivity index (χ1v) is 5.33. The lowest BCUT2D eigenvalue weighted by Crippen LogP contribution is -2.51. The number of rotatable bonds is 2. The molecule has 1 saturated heterocycles. The maximum Gasteiger partial charge on any atom is 0.208 e. The molecule has 1 amide bonds. The lowest BCUT2D eigenvalue weighted by molar-refractivity contribution is -0.110. The van der Waals surface area contributed by atoms with Crippen molar-refractivity contribution in [3.63, 3.8) is 0 Å². The molecule has 3 unspecified atom stereocenters. The van der Waals surface area contributed by atoms with Gasteiger partial charge in [-0.2, -0.15) is 0 Å². The van der Waals surface area contributed by atoms with Crippen molar-refractivity contribution in [2.75, 3.05) is 6.54 Å².